The number of carboxylic acid groups (broad SMARTS) is 1. The van der Waals surface area contributed by atoms with Crippen LogP contribution in [0.5, 0.6) is 0 Å². The molecule has 21 heavy (non-hydrogen) atoms. The number of anilines is 1. The molecule has 1 saturated heterocycles. The molecule has 1 N–H and O–H groups in total. The third-order valence-electron chi connectivity index (χ3n) is 4.12. The Morgan fingerprint density at radius 2 is 2.10 bits per heavy atom. The van der Waals surface area contributed by atoms with Crippen LogP contribution in [0, 0.1) is 5.41 Å². The van der Waals surface area contributed by atoms with Crippen LogP contribution in [0.15, 0.2) is 24.5 Å². The van der Waals surface area contributed by atoms with Gasteiger partial charge in [0.15, 0.2) is 5.65 Å². The Balaban J connectivity index is 2.04. The minimum Gasteiger partial charge on any atom is -0.480 e. The molecule has 1 unspecified atom stereocenters. The van der Waals surface area contributed by atoms with Crippen LogP contribution in [0.25, 0.3) is 11.2 Å². The van der Waals surface area contributed by atoms with Crippen molar-refractivity contribution in [1.82, 2.24) is 15.0 Å². The van der Waals surface area contributed by atoms with Crippen molar-refractivity contribution >= 4 is 23.0 Å². The van der Waals surface area contributed by atoms with Crippen molar-refractivity contribution in [3.8, 4) is 0 Å². The lowest BCUT2D eigenvalue weighted by atomic mass is 9.76. The van der Waals surface area contributed by atoms with E-state index >= 15 is 0 Å². The Morgan fingerprint density at radius 3 is 2.86 bits per heavy atom. The zero-order chi connectivity index (χ0) is 15.0. The van der Waals surface area contributed by atoms with E-state index in [0.29, 0.717) is 23.5 Å². The lowest BCUT2D eigenvalue weighted by molar-refractivity contribution is -0.142. The number of piperidine rings is 1. The van der Waals surface area contributed by atoms with E-state index in [1.165, 1.54) is 0 Å². The maximum absolute atomic E-state index is 11.7. The number of aromatic nitrogens is 3. The highest BCUT2D eigenvalue weighted by Gasteiger charge is 2.43. The summed E-state index contributed by atoms with van der Waals surface area (Å²) in [5.74, 6) is -0.149. The van der Waals surface area contributed by atoms with Gasteiger partial charge in [0, 0.05) is 18.9 Å². The van der Waals surface area contributed by atoms with Crippen LogP contribution in [-0.4, -0.2) is 38.6 Å². The second kappa shape index (κ2) is 4.95. The van der Waals surface area contributed by atoms with Crippen molar-refractivity contribution in [2.24, 2.45) is 5.41 Å². The summed E-state index contributed by atoms with van der Waals surface area (Å²) in [7, 11) is 0. The van der Waals surface area contributed by atoms with E-state index < -0.39 is 12.0 Å². The number of rotatable bonds is 2. The van der Waals surface area contributed by atoms with Gasteiger partial charge >= 0.3 is 5.97 Å². The molecule has 0 radical (unpaired) electrons. The van der Waals surface area contributed by atoms with Crippen molar-refractivity contribution in [2.45, 2.75) is 32.7 Å². The van der Waals surface area contributed by atoms with E-state index in [4.69, 9.17) is 0 Å². The topological polar surface area (TPSA) is 79.2 Å². The number of pyridine rings is 1. The van der Waals surface area contributed by atoms with E-state index in [9.17, 15) is 9.90 Å². The summed E-state index contributed by atoms with van der Waals surface area (Å²) in [5, 5.41) is 9.62. The number of nitrogens with zero attached hydrogens (tertiary/aromatic N) is 4. The highest BCUT2D eigenvalue weighted by molar-refractivity contribution is 5.80. The molecule has 0 aromatic carbocycles. The third kappa shape index (κ3) is 2.41. The molecule has 0 saturated carbocycles. The number of hydrogen-bond acceptors (Lipinski definition) is 5. The number of carboxylic acids is 1. The van der Waals surface area contributed by atoms with Gasteiger partial charge in [-0.25, -0.2) is 14.8 Å². The molecular weight excluding hydrogens is 268 g/mol. The SMILES string of the molecule is CC1(C)CCCN(c2ccc3nccnc3n2)C1C(=O)O. The van der Waals surface area contributed by atoms with Crippen LogP contribution in [0.2, 0.25) is 0 Å². The van der Waals surface area contributed by atoms with Gasteiger partial charge in [0.05, 0.1) is 0 Å². The highest BCUT2D eigenvalue weighted by Crippen LogP contribution is 2.37. The number of carbonyl (C=O) groups is 1. The first-order chi connectivity index (χ1) is 9.99. The quantitative estimate of drug-likeness (QED) is 0.910. The molecule has 0 aliphatic carbocycles. The summed E-state index contributed by atoms with van der Waals surface area (Å²) < 4.78 is 0. The van der Waals surface area contributed by atoms with E-state index in [1.807, 2.05) is 30.9 Å². The van der Waals surface area contributed by atoms with Gasteiger partial charge < -0.3 is 10.0 Å². The molecule has 2 aromatic heterocycles. The Bertz CT molecular complexity index is 686. The van der Waals surface area contributed by atoms with Gasteiger partial charge in [0.2, 0.25) is 0 Å². The standard InChI is InChI=1S/C15H18N4O2/c1-15(2)6-3-9-19(12(15)14(20)21)11-5-4-10-13(18-11)17-8-7-16-10/h4-5,7-8,12H,3,6,9H2,1-2H3,(H,20,21). The van der Waals surface area contributed by atoms with Crippen molar-refractivity contribution in [3.63, 3.8) is 0 Å². The fraction of sp³-hybridized carbons (Fsp3) is 0.467. The molecule has 0 bridgehead atoms. The van der Waals surface area contributed by atoms with Gasteiger partial charge in [0.25, 0.3) is 0 Å². The fourth-order valence-corrected chi connectivity index (χ4v) is 3.11. The molecule has 2 aromatic rings. The normalized spacial score (nSPS) is 21.4. The number of fused-ring (bicyclic) bond motifs is 1. The van der Waals surface area contributed by atoms with E-state index in [-0.39, 0.29) is 5.41 Å². The Kier molecular flexibility index (Phi) is 3.23. The fourth-order valence-electron chi connectivity index (χ4n) is 3.11. The zero-order valence-corrected chi connectivity index (χ0v) is 12.2. The van der Waals surface area contributed by atoms with Gasteiger partial charge in [-0.3, -0.25) is 4.98 Å². The summed E-state index contributed by atoms with van der Waals surface area (Å²) >= 11 is 0. The average molecular weight is 286 g/mol. The first-order valence-corrected chi connectivity index (χ1v) is 7.06. The summed E-state index contributed by atoms with van der Waals surface area (Å²) in [4.78, 5) is 26.5. The van der Waals surface area contributed by atoms with Gasteiger partial charge in [-0.15, -0.1) is 0 Å². The molecule has 1 aliphatic rings. The molecule has 1 fully saturated rings. The molecular formula is C15H18N4O2. The smallest absolute Gasteiger partial charge is 0.326 e. The van der Waals surface area contributed by atoms with Gasteiger partial charge in [-0.1, -0.05) is 13.8 Å². The Hall–Kier alpha value is -2.24. The predicted molar refractivity (Wildman–Crippen MR) is 79.1 cm³/mol. The molecule has 6 heteroatoms. The summed E-state index contributed by atoms with van der Waals surface area (Å²) in [5.41, 5.74) is 0.968. The van der Waals surface area contributed by atoms with Crippen LogP contribution in [0.3, 0.4) is 0 Å². The number of hydrogen-bond donors (Lipinski definition) is 1. The average Bonchev–Trinajstić information content (AvgIpc) is 2.45. The van der Waals surface area contributed by atoms with Crippen LogP contribution in [-0.2, 0) is 4.79 Å². The second-order valence-electron chi connectivity index (χ2n) is 6.09. The number of aliphatic carboxylic acids is 1. The lowest BCUT2D eigenvalue weighted by Gasteiger charge is -2.44. The van der Waals surface area contributed by atoms with Gasteiger partial charge in [0.1, 0.15) is 17.4 Å². The van der Waals surface area contributed by atoms with Gasteiger partial charge in [-0.05, 0) is 30.4 Å². The first kappa shape index (κ1) is 13.7. The van der Waals surface area contributed by atoms with Crippen LogP contribution < -0.4 is 4.90 Å². The van der Waals surface area contributed by atoms with Crippen molar-refractivity contribution < 1.29 is 9.90 Å². The molecule has 3 heterocycles. The minimum absolute atomic E-state index is 0.289. The summed E-state index contributed by atoms with van der Waals surface area (Å²) in [6.45, 7) is 4.69. The molecule has 1 aliphatic heterocycles. The van der Waals surface area contributed by atoms with Crippen molar-refractivity contribution in [1.29, 1.82) is 0 Å². The maximum atomic E-state index is 11.7. The highest BCUT2D eigenvalue weighted by atomic mass is 16.4. The lowest BCUT2D eigenvalue weighted by Crippen LogP contribution is -2.54. The van der Waals surface area contributed by atoms with E-state index in [0.717, 1.165) is 12.8 Å². The van der Waals surface area contributed by atoms with E-state index in [2.05, 4.69) is 15.0 Å². The maximum Gasteiger partial charge on any atom is 0.326 e. The molecule has 3 rings (SSSR count). The summed E-state index contributed by atoms with van der Waals surface area (Å²) in [6.07, 6.45) is 5.06. The zero-order valence-electron chi connectivity index (χ0n) is 12.2. The molecule has 110 valence electrons. The molecule has 1 atom stereocenters. The molecule has 0 amide bonds. The molecule has 6 nitrogen and oxygen atoms in total. The van der Waals surface area contributed by atoms with Crippen LogP contribution in [0.1, 0.15) is 26.7 Å². The molecule has 0 spiro atoms. The van der Waals surface area contributed by atoms with Crippen molar-refractivity contribution in [3.05, 3.63) is 24.5 Å². The van der Waals surface area contributed by atoms with Crippen LogP contribution >= 0.6 is 0 Å². The van der Waals surface area contributed by atoms with Crippen LogP contribution in [0.4, 0.5) is 5.82 Å². The van der Waals surface area contributed by atoms with E-state index in [1.54, 1.807) is 12.4 Å². The van der Waals surface area contributed by atoms with Gasteiger partial charge in [-0.2, -0.15) is 0 Å². The summed E-state index contributed by atoms with van der Waals surface area (Å²) in [6, 6.07) is 3.09. The second-order valence-corrected chi connectivity index (χ2v) is 6.09. The predicted octanol–water partition coefficient (Wildman–Crippen LogP) is 2.10. The third-order valence-corrected chi connectivity index (χ3v) is 4.12. The van der Waals surface area contributed by atoms with Crippen molar-refractivity contribution in [2.75, 3.05) is 11.4 Å². The first-order valence-electron chi connectivity index (χ1n) is 7.06. The monoisotopic (exact) mass is 286 g/mol. The largest absolute Gasteiger partial charge is 0.480 e. The Morgan fingerprint density at radius 1 is 1.33 bits per heavy atom. The Labute approximate surface area is 122 Å². The minimum atomic E-state index is -0.805.